The molecule has 0 fully saturated rings. The fourth-order valence-corrected chi connectivity index (χ4v) is 4.48. The van der Waals surface area contributed by atoms with E-state index in [0.29, 0.717) is 11.8 Å². The fraction of sp³-hybridized carbons (Fsp3) is 0.455. The molecule has 0 amide bonds. The predicted octanol–water partition coefficient (Wildman–Crippen LogP) is 5.74. The van der Waals surface area contributed by atoms with Crippen LogP contribution in [0.15, 0.2) is 48.5 Å². The van der Waals surface area contributed by atoms with E-state index < -0.39 is 5.60 Å². The molecule has 0 heterocycles. The number of rotatable bonds is 4. The van der Waals surface area contributed by atoms with Crippen molar-refractivity contribution < 1.29 is 5.11 Å². The van der Waals surface area contributed by atoms with Crippen molar-refractivity contribution >= 4 is 0 Å². The summed E-state index contributed by atoms with van der Waals surface area (Å²) in [6.07, 6.45) is 1.57. The lowest BCUT2D eigenvalue weighted by atomic mass is 9.60. The van der Waals surface area contributed by atoms with Crippen LogP contribution in [-0.4, -0.2) is 10.7 Å². The summed E-state index contributed by atoms with van der Waals surface area (Å²) in [7, 11) is 0. The quantitative estimate of drug-likeness (QED) is 0.763. The smallest absolute Gasteiger partial charge is 0.0717 e. The molecule has 0 saturated heterocycles. The van der Waals surface area contributed by atoms with Gasteiger partial charge in [-0.05, 0) is 46.9 Å². The number of aliphatic hydroxyl groups is 1. The van der Waals surface area contributed by atoms with Crippen molar-refractivity contribution in [1.29, 1.82) is 0 Å². The van der Waals surface area contributed by atoms with Crippen molar-refractivity contribution in [2.45, 2.75) is 58.0 Å². The van der Waals surface area contributed by atoms with E-state index in [4.69, 9.17) is 0 Å². The summed E-state index contributed by atoms with van der Waals surface area (Å²) in [5.74, 6) is 0.994. The zero-order valence-corrected chi connectivity index (χ0v) is 14.7. The highest BCUT2D eigenvalue weighted by molar-refractivity contribution is 5.75. The molecular formula is C22H28O. The van der Waals surface area contributed by atoms with Gasteiger partial charge in [0.05, 0.1) is 5.60 Å². The Morgan fingerprint density at radius 2 is 1.35 bits per heavy atom. The molecule has 0 saturated carbocycles. The second-order valence-electron chi connectivity index (χ2n) is 7.23. The highest BCUT2D eigenvalue weighted by atomic mass is 16.3. The molecular weight excluding hydrogens is 280 g/mol. The lowest BCUT2D eigenvalue weighted by Crippen LogP contribution is -2.41. The van der Waals surface area contributed by atoms with Crippen LogP contribution in [0.1, 0.15) is 63.5 Å². The van der Waals surface area contributed by atoms with Crippen LogP contribution in [0.5, 0.6) is 0 Å². The Labute approximate surface area is 140 Å². The van der Waals surface area contributed by atoms with E-state index in [0.717, 1.165) is 12.8 Å². The summed E-state index contributed by atoms with van der Waals surface area (Å²) in [4.78, 5) is 0. The van der Waals surface area contributed by atoms with Crippen molar-refractivity contribution in [3.8, 4) is 11.1 Å². The van der Waals surface area contributed by atoms with Crippen LogP contribution in [-0.2, 0) is 0 Å². The molecule has 1 heteroatoms. The van der Waals surface area contributed by atoms with E-state index >= 15 is 0 Å². The Balaban J connectivity index is 2.30. The number of fused-ring (bicyclic) bond motifs is 3. The van der Waals surface area contributed by atoms with Crippen LogP contribution in [0, 0.1) is 5.92 Å². The van der Waals surface area contributed by atoms with Crippen LogP contribution in [0.3, 0.4) is 0 Å². The third-order valence-corrected chi connectivity index (χ3v) is 5.79. The Morgan fingerprint density at radius 1 is 0.870 bits per heavy atom. The molecule has 2 aromatic rings. The molecule has 3 rings (SSSR count). The second-order valence-corrected chi connectivity index (χ2v) is 7.23. The van der Waals surface area contributed by atoms with Gasteiger partial charge < -0.3 is 5.11 Å². The summed E-state index contributed by atoms with van der Waals surface area (Å²) in [6, 6.07) is 17.4. The SMILES string of the molecule is CCC(O)(CC)[C@H]1c2ccccc2-c2ccccc2[C@@H]1C(C)C. The van der Waals surface area contributed by atoms with Crippen molar-refractivity contribution in [1.82, 2.24) is 0 Å². The summed E-state index contributed by atoms with van der Waals surface area (Å²) < 4.78 is 0. The Bertz CT molecular complexity index is 682. The van der Waals surface area contributed by atoms with Gasteiger partial charge in [-0.2, -0.15) is 0 Å². The summed E-state index contributed by atoms with van der Waals surface area (Å²) in [5.41, 5.74) is 4.69. The average molecular weight is 308 g/mol. The third kappa shape index (κ3) is 2.52. The van der Waals surface area contributed by atoms with Crippen molar-refractivity contribution in [2.24, 2.45) is 5.92 Å². The third-order valence-electron chi connectivity index (χ3n) is 5.79. The first-order valence-corrected chi connectivity index (χ1v) is 8.94. The average Bonchev–Trinajstić information content (AvgIpc) is 2.59. The van der Waals surface area contributed by atoms with Gasteiger partial charge in [-0.1, -0.05) is 76.2 Å². The van der Waals surface area contributed by atoms with E-state index in [-0.39, 0.29) is 5.92 Å². The van der Waals surface area contributed by atoms with Gasteiger partial charge in [-0.15, -0.1) is 0 Å². The molecule has 0 unspecified atom stereocenters. The normalized spacial score (nSPS) is 20.3. The zero-order chi connectivity index (χ0) is 16.6. The molecule has 2 atom stereocenters. The van der Waals surface area contributed by atoms with Crippen LogP contribution >= 0.6 is 0 Å². The van der Waals surface area contributed by atoms with Crippen LogP contribution in [0.2, 0.25) is 0 Å². The van der Waals surface area contributed by atoms with E-state index in [9.17, 15) is 5.11 Å². The molecule has 1 aliphatic rings. The largest absolute Gasteiger partial charge is 0.389 e. The molecule has 2 aromatic carbocycles. The van der Waals surface area contributed by atoms with Gasteiger partial charge in [0.2, 0.25) is 0 Å². The molecule has 0 aliphatic heterocycles. The van der Waals surface area contributed by atoms with Gasteiger partial charge in [0.15, 0.2) is 0 Å². The topological polar surface area (TPSA) is 20.2 Å². The second kappa shape index (κ2) is 6.13. The summed E-state index contributed by atoms with van der Waals surface area (Å²) in [5, 5.41) is 11.4. The highest BCUT2D eigenvalue weighted by Crippen LogP contribution is 2.55. The maximum Gasteiger partial charge on any atom is 0.0717 e. The minimum atomic E-state index is -0.654. The van der Waals surface area contributed by atoms with Gasteiger partial charge in [0, 0.05) is 5.92 Å². The maximum atomic E-state index is 11.4. The van der Waals surface area contributed by atoms with E-state index in [1.54, 1.807) is 0 Å². The van der Waals surface area contributed by atoms with Crippen molar-refractivity contribution in [3.63, 3.8) is 0 Å². The predicted molar refractivity (Wildman–Crippen MR) is 97.7 cm³/mol. The van der Waals surface area contributed by atoms with Crippen LogP contribution in [0.25, 0.3) is 11.1 Å². The lowest BCUT2D eigenvalue weighted by molar-refractivity contribution is -0.0103. The minimum Gasteiger partial charge on any atom is -0.389 e. The molecule has 1 nitrogen and oxygen atoms in total. The Morgan fingerprint density at radius 3 is 1.87 bits per heavy atom. The van der Waals surface area contributed by atoms with Crippen molar-refractivity contribution in [2.75, 3.05) is 0 Å². The summed E-state index contributed by atoms with van der Waals surface area (Å²) in [6.45, 7) is 8.80. The molecule has 0 spiro atoms. The van der Waals surface area contributed by atoms with Gasteiger partial charge >= 0.3 is 0 Å². The summed E-state index contributed by atoms with van der Waals surface area (Å²) >= 11 is 0. The van der Waals surface area contributed by atoms with E-state index in [1.165, 1.54) is 22.3 Å². The monoisotopic (exact) mass is 308 g/mol. The lowest BCUT2D eigenvalue weighted by Gasteiger charge is -2.46. The highest BCUT2D eigenvalue weighted by Gasteiger charge is 2.45. The first kappa shape index (κ1) is 16.3. The van der Waals surface area contributed by atoms with Gasteiger partial charge in [0.25, 0.3) is 0 Å². The first-order valence-electron chi connectivity index (χ1n) is 8.94. The Hall–Kier alpha value is -1.60. The Kier molecular flexibility index (Phi) is 4.33. The molecule has 122 valence electrons. The molecule has 0 aromatic heterocycles. The molecule has 0 bridgehead atoms. The standard InChI is InChI=1S/C22H28O/c1-5-22(23,6-2)21-19-14-10-8-12-17(19)16-11-7-9-13-18(16)20(21)15(3)4/h7-15,20-21,23H,5-6H2,1-4H3/t20-,21-/m0/s1. The number of benzene rings is 2. The molecule has 0 radical (unpaired) electrons. The fourth-order valence-electron chi connectivity index (χ4n) is 4.48. The van der Waals surface area contributed by atoms with Crippen molar-refractivity contribution in [3.05, 3.63) is 59.7 Å². The number of hydrogen-bond acceptors (Lipinski definition) is 1. The molecule has 23 heavy (non-hydrogen) atoms. The molecule has 1 N–H and O–H groups in total. The maximum absolute atomic E-state index is 11.4. The van der Waals surface area contributed by atoms with Gasteiger partial charge in [-0.3, -0.25) is 0 Å². The number of hydrogen-bond donors (Lipinski definition) is 1. The van der Waals surface area contributed by atoms with Gasteiger partial charge in [0.1, 0.15) is 0 Å². The van der Waals surface area contributed by atoms with Crippen LogP contribution < -0.4 is 0 Å². The minimum absolute atomic E-state index is 0.156. The molecule has 1 aliphatic carbocycles. The van der Waals surface area contributed by atoms with Gasteiger partial charge in [-0.25, -0.2) is 0 Å². The van der Waals surface area contributed by atoms with Crippen LogP contribution in [0.4, 0.5) is 0 Å². The van der Waals surface area contributed by atoms with E-state index in [1.807, 2.05) is 0 Å². The zero-order valence-electron chi connectivity index (χ0n) is 14.7. The van der Waals surface area contributed by atoms with E-state index in [2.05, 4.69) is 76.2 Å². The first-order chi connectivity index (χ1) is 11.0.